The van der Waals surface area contributed by atoms with Crippen molar-refractivity contribution in [1.82, 2.24) is 9.97 Å². The normalized spacial score (nSPS) is 11.4. The average molecular weight is 278 g/mol. The van der Waals surface area contributed by atoms with Gasteiger partial charge in [-0.25, -0.2) is 9.97 Å². The number of rotatable bonds is 7. The summed E-state index contributed by atoms with van der Waals surface area (Å²) in [6, 6.07) is 1.63. The molecule has 0 aliphatic rings. The molecule has 5 nitrogen and oxygen atoms in total. The molecule has 0 saturated carbocycles. The van der Waals surface area contributed by atoms with E-state index in [-0.39, 0.29) is 19.6 Å². The molecule has 2 N–H and O–H groups in total. The van der Waals surface area contributed by atoms with Crippen LogP contribution in [0.25, 0.3) is 0 Å². The summed E-state index contributed by atoms with van der Waals surface area (Å²) in [5.74, 6) is 1.53. The SMILES string of the molecule is CNc1cc(NCCCC(F)(F)F)nc(COC)n1. The second-order valence-corrected chi connectivity index (χ2v) is 3.88. The number of hydrogen-bond acceptors (Lipinski definition) is 5. The van der Waals surface area contributed by atoms with Crippen LogP contribution < -0.4 is 10.6 Å². The van der Waals surface area contributed by atoms with Gasteiger partial charge in [-0.3, -0.25) is 0 Å². The summed E-state index contributed by atoms with van der Waals surface area (Å²) < 4.78 is 40.9. The second-order valence-electron chi connectivity index (χ2n) is 3.88. The summed E-state index contributed by atoms with van der Waals surface area (Å²) in [5, 5.41) is 5.70. The molecule has 1 heterocycles. The highest BCUT2D eigenvalue weighted by molar-refractivity contribution is 5.47. The van der Waals surface area contributed by atoms with Crippen molar-refractivity contribution in [3.8, 4) is 0 Å². The highest BCUT2D eigenvalue weighted by Gasteiger charge is 2.25. The molecule has 1 rings (SSSR count). The van der Waals surface area contributed by atoms with Crippen LogP contribution in [0.15, 0.2) is 6.07 Å². The summed E-state index contributed by atoms with van der Waals surface area (Å²) in [5.41, 5.74) is 0. The maximum absolute atomic E-state index is 12.0. The highest BCUT2D eigenvalue weighted by Crippen LogP contribution is 2.21. The summed E-state index contributed by atoms with van der Waals surface area (Å²) in [4.78, 5) is 8.28. The van der Waals surface area contributed by atoms with Crippen molar-refractivity contribution in [3.63, 3.8) is 0 Å². The molecule has 0 bridgehead atoms. The van der Waals surface area contributed by atoms with E-state index in [2.05, 4.69) is 20.6 Å². The first-order valence-corrected chi connectivity index (χ1v) is 5.80. The quantitative estimate of drug-likeness (QED) is 0.750. The first-order chi connectivity index (χ1) is 8.94. The van der Waals surface area contributed by atoms with E-state index in [0.717, 1.165) is 0 Å². The van der Waals surface area contributed by atoms with E-state index in [4.69, 9.17) is 4.74 Å². The number of anilines is 2. The smallest absolute Gasteiger partial charge is 0.377 e. The Labute approximate surface area is 109 Å². The van der Waals surface area contributed by atoms with Crippen molar-refractivity contribution in [3.05, 3.63) is 11.9 Å². The summed E-state index contributed by atoms with van der Waals surface area (Å²) in [7, 11) is 3.22. The van der Waals surface area contributed by atoms with Gasteiger partial charge in [-0.1, -0.05) is 0 Å². The Kier molecular flexibility index (Phi) is 5.81. The van der Waals surface area contributed by atoms with Crippen LogP contribution in [0.1, 0.15) is 18.7 Å². The third-order valence-electron chi connectivity index (χ3n) is 2.25. The number of nitrogens with zero attached hydrogens (tertiary/aromatic N) is 2. The summed E-state index contributed by atoms with van der Waals surface area (Å²) in [6.45, 7) is 0.443. The molecule has 19 heavy (non-hydrogen) atoms. The van der Waals surface area contributed by atoms with E-state index in [1.54, 1.807) is 13.1 Å². The Morgan fingerprint density at radius 3 is 2.53 bits per heavy atom. The molecule has 108 valence electrons. The lowest BCUT2D eigenvalue weighted by Crippen LogP contribution is -2.12. The molecule has 0 aromatic carbocycles. The first kappa shape index (κ1) is 15.5. The van der Waals surface area contributed by atoms with Crippen LogP contribution in [0.5, 0.6) is 0 Å². The maximum Gasteiger partial charge on any atom is 0.389 e. The molecule has 0 atom stereocenters. The van der Waals surface area contributed by atoms with Crippen molar-refractivity contribution in [1.29, 1.82) is 0 Å². The van der Waals surface area contributed by atoms with Gasteiger partial charge >= 0.3 is 6.18 Å². The standard InChI is InChI=1S/C11H17F3N4O/c1-15-8-6-9(18-10(17-8)7-19-2)16-5-3-4-11(12,13)14/h6H,3-5,7H2,1-2H3,(H2,15,16,17,18). The number of hydrogen-bond donors (Lipinski definition) is 2. The van der Waals surface area contributed by atoms with Crippen LogP contribution >= 0.6 is 0 Å². The van der Waals surface area contributed by atoms with Crippen LogP contribution in [0.4, 0.5) is 24.8 Å². The molecule has 0 radical (unpaired) electrons. The van der Waals surface area contributed by atoms with Gasteiger partial charge in [0.05, 0.1) is 0 Å². The van der Waals surface area contributed by atoms with E-state index in [9.17, 15) is 13.2 Å². The molecule has 0 fully saturated rings. The molecule has 1 aromatic heterocycles. The fraction of sp³-hybridized carbons (Fsp3) is 0.636. The Morgan fingerprint density at radius 2 is 1.95 bits per heavy atom. The zero-order chi connectivity index (χ0) is 14.3. The molecule has 0 unspecified atom stereocenters. The number of alkyl halides is 3. The lowest BCUT2D eigenvalue weighted by atomic mass is 10.3. The van der Waals surface area contributed by atoms with Crippen molar-refractivity contribution in [2.75, 3.05) is 31.3 Å². The number of halogens is 3. The van der Waals surface area contributed by atoms with Gasteiger partial charge in [-0.2, -0.15) is 13.2 Å². The zero-order valence-corrected chi connectivity index (χ0v) is 10.8. The lowest BCUT2D eigenvalue weighted by molar-refractivity contribution is -0.134. The van der Waals surface area contributed by atoms with Crippen LogP contribution in [-0.2, 0) is 11.3 Å². The third kappa shape index (κ3) is 6.23. The Morgan fingerprint density at radius 1 is 1.26 bits per heavy atom. The predicted molar refractivity (Wildman–Crippen MR) is 66.1 cm³/mol. The van der Waals surface area contributed by atoms with Gasteiger partial charge in [0.1, 0.15) is 18.2 Å². The van der Waals surface area contributed by atoms with Crippen LogP contribution in [0.3, 0.4) is 0 Å². The lowest BCUT2D eigenvalue weighted by Gasteiger charge is -2.10. The van der Waals surface area contributed by atoms with E-state index < -0.39 is 12.6 Å². The van der Waals surface area contributed by atoms with Crippen LogP contribution in [-0.4, -0.2) is 36.8 Å². The monoisotopic (exact) mass is 278 g/mol. The van der Waals surface area contributed by atoms with Crippen LogP contribution in [0, 0.1) is 0 Å². The van der Waals surface area contributed by atoms with Crippen molar-refractivity contribution >= 4 is 11.6 Å². The first-order valence-electron chi connectivity index (χ1n) is 5.80. The summed E-state index contributed by atoms with van der Waals surface area (Å²) >= 11 is 0. The van der Waals surface area contributed by atoms with Gasteiger partial charge in [0.15, 0.2) is 5.82 Å². The minimum absolute atomic E-state index is 0.00198. The van der Waals surface area contributed by atoms with Crippen molar-refractivity contribution < 1.29 is 17.9 Å². The van der Waals surface area contributed by atoms with Gasteiger partial charge in [-0.15, -0.1) is 0 Å². The van der Waals surface area contributed by atoms with E-state index in [0.29, 0.717) is 17.5 Å². The van der Waals surface area contributed by atoms with Gasteiger partial charge < -0.3 is 15.4 Å². The number of nitrogens with one attached hydrogen (secondary N) is 2. The zero-order valence-electron chi connectivity index (χ0n) is 10.8. The Balaban J connectivity index is 2.54. The van der Waals surface area contributed by atoms with Gasteiger partial charge in [0.2, 0.25) is 0 Å². The Bertz CT molecular complexity index is 398. The predicted octanol–water partition coefficient (Wildman–Crippen LogP) is 2.42. The third-order valence-corrected chi connectivity index (χ3v) is 2.25. The molecule has 0 spiro atoms. The molecule has 1 aromatic rings. The molecular formula is C11H17F3N4O. The molecule has 0 aliphatic heterocycles. The number of aromatic nitrogens is 2. The minimum Gasteiger partial charge on any atom is -0.377 e. The molecule has 0 aliphatic carbocycles. The van der Waals surface area contributed by atoms with Crippen LogP contribution in [0.2, 0.25) is 0 Å². The highest BCUT2D eigenvalue weighted by atomic mass is 19.4. The maximum atomic E-state index is 12.0. The van der Waals surface area contributed by atoms with E-state index >= 15 is 0 Å². The molecular weight excluding hydrogens is 261 g/mol. The van der Waals surface area contributed by atoms with Gasteiger partial charge in [0.25, 0.3) is 0 Å². The van der Waals surface area contributed by atoms with Crippen molar-refractivity contribution in [2.24, 2.45) is 0 Å². The van der Waals surface area contributed by atoms with E-state index in [1.165, 1.54) is 7.11 Å². The Hall–Kier alpha value is -1.57. The number of methoxy groups -OCH3 is 1. The average Bonchev–Trinajstić information content (AvgIpc) is 2.34. The largest absolute Gasteiger partial charge is 0.389 e. The topological polar surface area (TPSA) is 59.1 Å². The van der Waals surface area contributed by atoms with E-state index in [1.807, 2.05) is 0 Å². The van der Waals surface area contributed by atoms with Gasteiger partial charge in [-0.05, 0) is 6.42 Å². The molecule has 0 saturated heterocycles. The van der Waals surface area contributed by atoms with Gasteiger partial charge in [0, 0.05) is 33.2 Å². The number of ether oxygens (including phenoxy) is 1. The van der Waals surface area contributed by atoms with Crippen molar-refractivity contribution in [2.45, 2.75) is 25.6 Å². The molecule has 8 heteroatoms. The second kappa shape index (κ2) is 7.13. The summed E-state index contributed by atoms with van der Waals surface area (Å²) in [6.07, 6.45) is -4.93. The minimum atomic E-state index is -4.12. The molecule has 0 amide bonds. The fourth-order valence-electron chi connectivity index (χ4n) is 1.41. The fourth-order valence-corrected chi connectivity index (χ4v) is 1.41.